The van der Waals surface area contributed by atoms with Crippen LogP contribution in [-0.4, -0.2) is 0 Å². The van der Waals surface area contributed by atoms with Gasteiger partial charge in [-0.1, -0.05) is 164 Å². The Morgan fingerprint density at radius 2 is 0.968 bits per heavy atom. The summed E-state index contributed by atoms with van der Waals surface area (Å²) in [7, 11) is 0. The molecule has 1 aliphatic rings. The number of furan rings is 2. The van der Waals surface area contributed by atoms with Gasteiger partial charge in [0.05, 0.1) is 5.41 Å². The molecule has 0 N–H and O–H groups in total. The van der Waals surface area contributed by atoms with E-state index in [0.29, 0.717) is 0 Å². The van der Waals surface area contributed by atoms with E-state index in [0.717, 1.165) is 77.5 Å². The Balaban J connectivity index is 1.06. The van der Waals surface area contributed by atoms with Crippen LogP contribution in [0.2, 0.25) is 0 Å². The minimum absolute atomic E-state index is 0.537. The van der Waals surface area contributed by atoms with Crippen molar-refractivity contribution in [2.45, 2.75) is 5.41 Å². The average molecular weight is 792 g/mol. The molecule has 3 heteroatoms. The lowest BCUT2D eigenvalue weighted by Gasteiger charge is -2.35. The predicted octanol–water partition coefficient (Wildman–Crippen LogP) is 16.1. The van der Waals surface area contributed by atoms with E-state index >= 15 is 0 Å². The molecule has 62 heavy (non-hydrogen) atoms. The largest absolute Gasteiger partial charge is 0.456 e. The normalized spacial score (nSPS) is 13.0. The van der Waals surface area contributed by atoms with Gasteiger partial charge in [0.1, 0.15) is 22.3 Å². The molecule has 10 aromatic carbocycles. The zero-order valence-electron chi connectivity index (χ0n) is 33.6. The molecule has 2 aromatic heterocycles. The molecule has 0 radical (unpaired) electrons. The van der Waals surface area contributed by atoms with Crippen molar-refractivity contribution in [2.24, 2.45) is 0 Å². The van der Waals surface area contributed by atoms with Gasteiger partial charge in [0.25, 0.3) is 0 Å². The summed E-state index contributed by atoms with van der Waals surface area (Å²) in [6, 6.07) is 81.2. The molecule has 0 fully saturated rings. The fourth-order valence-electron chi connectivity index (χ4n) is 10.5. The number of benzene rings is 10. The van der Waals surface area contributed by atoms with E-state index in [1.165, 1.54) is 38.8 Å². The van der Waals surface area contributed by atoms with E-state index < -0.39 is 5.41 Å². The third-order valence-electron chi connectivity index (χ3n) is 13.1. The lowest BCUT2D eigenvalue weighted by atomic mass is 9.67. The third-order valence-corrected chi connectivity index (χ3v) is 13.1. The van der Waals surface area contributed by atoms with Gasteiger partial charge in [0, 0.05) is 44.0 Å². The van der Waals surface area contributed by atoms with Crippen LogP contribution in [0, 0.1) is 0 Å². The Kier molecular flexibility index (Phi) is 7.52. The first-order chi connectivity index (χ1) is 30.7. The molecule has 0 atom stereocenters. The van der Waals surface area contributed by atoms with Gasteiger partial charge in [0.15, 0.2) is 0 Å². The standard InChI is InChI=1S/C59H37NO2/c1-3-17-40(18-4-1)59(41-19-5-2-6-20-41)52-26-11-9-23-47(52)48-33-30-44(37-53(48)59)60(43-31-34-55-51(36-43)49-24-10-12-27-54(49)61-55)42-21-13-16-39(35-42)45-25-14-28-56-57(45)50-32-29-38-15-7-8-22-46(38)58(50)62-56/h1-37H. The topological polar surface area (TPSA) is 29.5 Å². The second-order valence-electron chi connectivity index (χ2n) is 16.4. The Morgan fingerprint density at radius 3 is 1.82 bits per heavy atom. The van der Waals surface area contributed by atoms with Crippen LogP contribution in [0.15, 0.2) is 233 Å². The fraction of sp³-hybridized carbons (Fsp3) is 0.0169. The molecule has 0 amide bonds. The van der Waals surface area contributed by atoms with Crippen molar-refractivity contribution in [1.82, 2.24) is 0 Å². The van der Waals surface area contributed by atoms with Crippen molar-refractivity contribution < 1.29 is 8.83 Å². The van der Waals surface area contributed by atoms with Gasteiger partial charge in [-0.2, -0.15) is 0 Å². The molecule has 0 saturated heterocycles. The Labute approximate surface area is 358 Å². The van der Waals surface area contributed by atoms with Crippen molar-refractivity contribution in [3.8, 4) is 22.3 Å². The molecule has 0 saturated carbocycles. The summed E-state index contributed by atoms with van der Waals surface area (Å²) >= 11 is 0. The summed E-state index contributed by atoms with van der Waals surface area (Å²) in [5, 5.41) is 6.70. The first kappa shape index (κ1) is 34.7. The van der Waals surface area contributed by atoms with Gasteiger partial charge in [-0.05, 0) is 111 Å². The smallest absolute Gasteiger partial charge is 0.143 e. The summed E-state index contributed by atoms with van der Waals surface area (Å²) in [5.74, 6) is 0. The number of hydrogen-bond donors (Lipinski definition) is 0. The molecular formula is C59H37NO2. The summed E-state index contributed by atoms with van der Waals surface area (Å²) in [5.41, 5.74) is 15.9. The average Bonchev–Trinajstić information content (AvgIpc) is 4.01. The van der Waals surface area contributed by atoms with Gasteiger partial charge in [-0.3, -0.25) is 0 Å². The molecule has 13 rings (SSSR count). The number of rotatable bonds is 6. The molecule has 0 unspecified atom stereocenters. The van der Waals surface area contributed by atoms with Crippen molar-refractivity contribution in [3.05, 3.63) is 247 Å². The van der Waals surface area contributed by atoms with E-state index in [4.69, 9.17) is 8.83 Å². The quantitative estimate of drug-likeness (QED) is 0.168. The lowest BCUT2D eigenvalue weighted by molar-refractivity contribution is 0.669. The molecule has 0 bridgehead atoms. The van der Waals surface area contributed by atoms with Crippen molar-refractivity contribution in [3.63, 3.8) is 0 Å². The Hall–Kier alpha value is -8.14. The molecule has 290 valence electrons. The maximum absolute atomic E-state index is 6.66. The van der Waals surface area contributed by atoms with Crippen LogP contribution in [0.5, 0.6) is 0 Å². The first-order valence-corrected chi connectivity index (χ1v) is 21.2. The molecule has 0 spiro atoms. The summed E-state index contributed by atoms with van der Waals surface area (Å²) in [4.78, 5) is 2.41. The summed E-state index contributed by atoms with van der Waals surface area (Å²) in [6.07, 6.45) is 0. The van der Waals surface area contributed by atoms with E-state index in [2.05, 4.69) is 217 Å². The van der Waals surface area contributed by atoms with Crippen LogP contribution >= 0.6 is 0 Å². The first-order valence-electron chi connectivity index (χ1n) is 21.2. The van der Waals surface area contributed by atoms with Gasteiger partial charge < -0.3 is 13.7 Å². The highest BCUT2D eigenvalue weighted by atomic mass is 16.3. The van der Waals surface area contributed by atoms with E-state index in [1.807, 2.05) is 12.1 Å². The number of nitrogens with zero attached hydrogens (tertiary/aromatic N) is 1. The molecule has 12 aromatic rings. The van der Waals surface area contributed by atoms with Crippen LogP contribution in [0.25, 0.3) is 76.9 Å². The van der Waals surface area contributed by atoms with Crippen LogP contribution in [0.1, 0.15) is 22.3 Å². The van der Waals surface area contributed by atoms with Gasteiger partial charge >= 0.3 is 0 Å². The molecule has 0 aliphatic heterocycles. The van der Waals surface area contributed by atoms with Gasteiger partial charge in [-0.25, -0.2) is 0 Å². The van der Waals surface area contributed by atoms with Gasteiger partial charge in [-0.15, -0.1) is 0 Å². The van der Waals surface area contributed by atoms with Crippen LogP contribution in [0.3, 0.4) is 0 Å². The summed E-state index contributed by atoms with van der Waals surface area (Å²) < 4.78 is 13.0. The zero-order valence-corrected chi connectivity index (χ0v) is 33.6. The minimum Gasteiger partial charge on any atom is -0.456 e. The molecule has 2 heterocycles. The van der Waals surface area contributed by atoms with Crippen LogP contribution in [0.4, 0.5) is 17.1 Å². The number of hydrogen-bond acceptors (Lipinski definition) is 3. The second kappa shape index (κ2) is 13.4. The number of anilines is 3. The van der Waals surface area contributed by atoms with E-state index in [1.54, 1.807) is 0 Å². The third kappa shape index (κ3) is 5.00. The Bertz CT molecular complexity index is 3670. The molecule has 3 nitrogen and oxygen atoms in total. The minimum atomic E-state index is -0.537. The fourth-order valence-corrected chi connectivity index (χ4v) is 10.5. The van der Waals surface area contributed by atoms with E-state index in [9.17, 15) is 0 Å². The molecular weight excluding hydrogens is 755 g/mol. The SMILES string of the molecule is c1ccc(C2(c3ccccc3)c3ccccc3-c3ccc(N(c4cccc(-c5cccc6oc7c8ccccc8ccc7c56)c4)c4ccc5oc6ccccc6c5c4)cc32)cc1. The van der Waals surface area contributed by atoms with Crippen molar-refractivity contribution in [2.75, 3.05) is 4.90 Å². The lowest BCUT2D eigenvalue weighted by Crippen LogP contribution is -2.28. The summed E-state index contributed by atoms with van der Waals surface area (Å²) in [6.45, 7) is 0. The van der Waals surface area contributed by atoms with Crippen molar-refractivity contribution >= 4 is 71.7 Å². The van der Waals surface area contributed by atoms with Gasteiger partial charge in [0.2, 0.25) is 0 Å². The number of para-hydroxylation sites is 1. The highest BCUT2D eigenvalue weighted by Crippen LogP contribution is 2.57. The zero-order chi connectivity index (χ0) is 40.8. The maximum Gasteiger partial charge on any atom is 0.143 e. The monoisotopic (exact) mass is 791 g/mol. The highest BCUT2D eigenvalue weighted by Gasteiger charge is 2.46. The van der Waals surface area contributed by atoms with Crippen LogP contribution in [-0.2, 0) is 5.41 Å². The van der Waals surface area contributed by atoms with Crippen molar-refractivity contribution in [1.29, 1.82) is 0 Å². The second-order valence-corrected chi connectivity index (χ2v) is 16.4. The number of fused-ring (bicyclic) bond motifs is 11. The maximum atomic E-state index is 6.66. The van der Waals surface area contributed by atoms with E-state index in [-0.39, 0.29) is 0 Å². The highest BCUT2D eigenvalue weighted by molar-refractivity contribution is 6.19. The predicted molar refractivity (Wildman–Crippen MR) is 256 cm³/mol. The Morgan fingerprint density at radius 1 is 0.339 bits per heavy atom. The van der Waals surface area contributed by atoms with Crippen LogP contribution < -0.4 is 4.90 Å². The molecule has 1 aliphatic carbocycles.